The Hall–Kier alpha value is -2.32. The number of benzene rings is 1. The first kappa shape index (κ1) is 18.5. The Labute approximate surface area is 156 Å². The number of aliphatic hydroxyl groups is 1. The highest BCUT2D eigenvalue weighted by Gasteiger charge is 2.19. The summed E-state index contributed by atoms with van der Waals surface area (Å²) in [7, 11) is 3.17. The molecule has 3 rings (SSSR count). The van der Waals surface area contributed by atoms with Crippen molar-refractivity contribution in [1.82, 2.24) is 14.6 Å². The first-order chi connectivity index (χ1) is 12.3. The van der Waals surface area contributed by atoms with Crippen molar-refractivity contribution in [2.24, 2.45) is 0 Å². The first-order valence-corrected chi connectivity index (χ1v) is 9.13. The zero-order valence-corrected chi connectivity index (χ0v) is 16.4. The molecule has 0 fully saturated rings. The van der Waals surface area contributed by atoms with Crippen molar-refractivity contribution in [1.29, 1.82) is 0 Å². The number of rotatable bonds is 6. The second-order valence-corrected chi connectivity index (χ2v) is 8.01. The summed E-state index contributed by atoms with van der Waals surface area (Å²) in [6, 6.07) is 5.35. The van der Waals surface area contributed by atoms with E-state index in [-0.39, 0.29) is 5.41 Å². The molecule has 0 amide bonds. The number of aromatic nitrogens is 3. The van der Waals surface area contributed by atoms with Gasteiger partial charge >= 0.3 is 0 Å². The van der Waals surface area contributed by atoms with Crippen molar-refractivity contribution in [3.8, 4) is 11.5 Å². The van der Waals surface area contributed by atoms with Crippen LogP contribution in [0.2, 0.25) is 0 Å². The highest BCUT2D eigenvalue weighted by molar-refractivity contribution is 7.20. The average Bonchev–Trinajstić information content (AvgIpc) is 3.17. The van der Waals surface area contributed by atoms with Gasteiger partial charge in [0.05, 0.1) is 32.2 Å². The molecule has 3 aromatic rings. The predicted molar refractivity (Wildman–Crippen MR) is 103 cm³/mol. The van der Waals surface area contributed by atoms with Gasteiger partial charge in [-0.2, -0.15) is 0 Å². The van der Waals surface area contributed by atoms with Gasteiger partial charge in [-0.25, -0.2) is 9.50 Å². The number of nitrogens with zero attached hydrogens (tertiary/aromatic N) is 3. The van der Waals surface area contributed by atoms with Crippen LogP contribution in [0, 0.1) is 0 Å². The van der Waals surface area contributed by atoms with Gasteiger partial charge < -0.3 is 19.9 Å². The molecule has 0 spiro atoms. The molecule has 2 heterocycles. The van der Waals surface area contributed by atoms with Crippen LogP contribution in [0.1, 0.15) is 38.1 Å². The summed E-state index contributed by atoms with van der Waals surface area (Å²) < 4.78 is 12.3. The number of imidazole rings is 1. The fraction of sp³-hybridized carbons (Fsp3) is 0.444. The molecule has 2 N–H and O–H groups in total. The van der Waals surface area contributed by atoms with Crippen LogP contribution in [0.3, 0.4) is 0 Å². The summed E-state index contributed by atoms with van der Waals surface area (Å²) in [5.41, 5.74) is 1.71. The topological polar surface area (TPSA) is 80.9 Å². The van der Waals surface area contributed by atoms with Crippen molar-refractivity contribution < 1.29 is 14.6 Å². The smallest absolute Gasteiger partial charge is 0.214 e. The second-order valence-electron chi connectivity index (χ2n) is 7.05. The maximum Gasteiger partial charge on any atom is 0.214 e. The van der Waals surface area contributed by atoms with E-state index >= 15 is 0 Å². The van der Waals surface area contributed by atoms with Gasteiger partial charge in [0.2, 0.25) is 10.1 Å². The Morgan fingerprint density at radius 3 is 2.38 bits per heavy atom. The van der Waals surface area contributed by atoms with E-state index in [4.69, 9.17) is 9.47 Å². The first-order valence-electron chi connectivity index (χ1n) is 8.32. The van der Waals surface area contributed by atoms with Crippen molar-refractivity contribution in [2.75, 3.05) is 26.1 Å². The molecule has 1 atom stereocenters. The van der Waals surface area contributed by atoms with Gasteiger partial charge in [0.25, 0.3) is 0 Å². The van der Waals surface area contributed by atoms with E-state index in [0.29, 0.717) is 28.7 Å². The minimum absolute atomic E-state index is 0.0113. The molecule has 0 saturated heterocycles. The van der Waals surface area contributed by atoms with E-state index in [1.165, 1.54) is 11.3 Å². The fourth-order valence-electron chi connectivity index (χ4n) is 2.46. The molecular weight excluding hydrogens is 352 g/mol. The molecule has 7 nitrogen and oxygen atoms in total. The lowest BCUT2D eigenvalue weighted by Crippen LogP contribution is -2.13. The van der Waals surface area contributed by atoms with Crippen molar-refractivity contribution in [2.45, 2.75) is 32.3 Å². The third-order valence-electron chi connectivity index (χ3n) is 4.02. The van der Waals surface area contributed by atoms with Crippen LogP contribution >= 0.6 is 11.3 Å². The molecule has 0 aliphatic heterocycles. The maximum atomic E-state index is 10.5. The van der Waals surface area contributed by atoms with Crippen LogP contribution in [0.15, 0.2) is 24.4 Å². The number of ether oxygens (including phenoxy) is 2. The third-order valence-corrected chi connectivity index (χ3v) is 4.90. The van der Waals surface area contributed by atoms with E-state index in [1.807, 2.05) is 6.20 Å². The number of aliphatic hydroxyl groups excluding tert-OH is 1. The average molecular weight is 376 g/mol. The molecule has 0 saturated carbocycles. The Morgan fingerprint density at radius 2 is 1.85 bits per heavy atom. The van der Waals surface area contributed by atoms with Gasteiger partial charge in [0.1, 0.15) is 11.5 Å². The van der Waals surface area contributed by atoms with Gasteiger partial charge in [-0.1, -0.05) is 32.1 Å². The molecular formula is C18H24N4O3S. The number of hydrogen-bond acceptors (Lipinski definition) is 7. The molecule has 1 unspecified atom stereocenters. The van der Waals surface area contributed by atoms with Crippen molar-refractivity contribution in [3.05, 3.63) is 35.7 Å². The molecule has 8 heteroatoms. The van der Waals surface area contributed by atoms with Crippen molar-refractivity contribution >= 4 is 21.4 Å². The molecule has 0 aliphatic rings. The molecule has 0 radical (unpaired) electrons. The van der Waals surface area contributed by atoms with Gasteiger partial charge in [0, 0.05) is 18.0 Å². The van der Waals surface area contributed by atoms with E-state index < -0.39 is 6.10 Å². The number of methoxy groups -OCH3 is 2. The number of fused-ring (bicyclic) bond motifs is 1. The Morgan fingerprint density at radius 1 is 1.19 bits per heavy atom. The van der Waals surface area contributed by atoms with Crippen LogP contribution in [0.5, 0.6) is 11.5 Å². The zero-order valence-electron chi connectivity index (χ0n) is 15.6. The Bertz CT molecular complexity index is 844. The summed E-state index contributed by atoms with van der Waals surface area (Å²) in [5, 5.41) is 18.8. The lowest BCUT2D eigenvalue weighted by atomic mass is 9.93. The summed E-state index contributed by atoms with van der Waals surface area (Å²) in [6.07, 6.45) is 1.22. The zero-order chi connectivity index (χ0) is 18.9. The minimum Gasteiger partial charge on any atom is -0.497 e. The summed E-state index contributed by atoms with van der Waals surface area (Å²) in [5.74, 6) is 1.28. The molecule has 1 aromatic carbocycles. The molecule has 140 valence electrons. The Kier molecular flexibility index (Phi) is 5.06. The summed E-state index contributed by atoms with van der Waals surface area (Å²) in [6.45, 7) is 6.69. The number of hydrogen-bond donors (Lipinski definition) is 2. The van der Waals surface area contributed by atoms with E-state index in [2.05, 4.69) is 36.2 Å². The highest BCUT2D eigenvalue weighted by Crippen LogP contribution is 2.28. The van der Waals surface area contributed by atoms with Crippen LogP contribution < -0.4 is 14.8 Å². The minimum atomic E-state index is -0.722. The quantitative estimate of drug-likeness (QED) is 0.687. The Balaban J connectivity index is 1.70. The monoisotopic (exact) mass is 376 g/mol. The van der Waals surface area contributed by atoms with Crippen molar-refractivity contribution in [3.63, 3.8) is 0 Å². The van der Waals surface area contributed by atoms with Crippen LogP contribution in [0.4, 0.5) is 5.13 Å². The lowest BCUT2D eigenvalue weighted by Gasteiger charge is -2.14. The SMILES string of the molecule is COc1cc(OC)cc(C(O)CNc2nn3cc(C(C)(C)C)nc3s2)c1. The van der Waals surface area contributed by atoms with E-state index in [9.17, 15) is 5.11 Å². The second kappa shape index (κ2) is 7.13. The predicted octanol–water partition coefficient (Wildman–Crippen LogP) is 3.25. The largest absolute Gasteiger partial charge is 0.497 e. The van der Waals surface area contributed by atoms with Crippen LogP contribution in [-0.2, 0) is 5.41 Å². The highest BCUT2D eigenvalue weighted by atomic mass is 32.1. The van der Waals surface area contributed by atoms with E-state index in [0.717, 1.165) is 10.7 Å². The summed E-state index contributed by atoms with van der Waals surface area (Å²) in [4.78, 5) is 5.45. The maximum absolute atomic E-state index is 10.5. The van der Waals surface area contributed by atoms with Gasteiger partial charge in [0.15, 0.2) is 0 Å². The van der Waals surface area contributed by atoms with Gasteiger partial charge in [-0.15, -0.1) is 5.10 Å². The third kappa shape index (κ3) is 3.91. The van der Waals surface area contributed by atoms with Gasteiger partial charge in [-0.3, -0.25) is 0 Å². The standard InChI is InChI=1S/C18H24N4O3S/c1-18(2,3)15-10-22-17(20-15)26-16(21-22)19-9-14(23)11-6-12(24-4)8-13(7-11)25-5/h6-8,10,14,23H,9H2,1-5H3,(H,19,21). The molecule has 0 bridgehead atoms. The van der Waals surface area contributed by atoms with Gasteiger partial charge in [-0.05, 0) is 17.7 Å². The molecule has 26 heavy (non-hydrogen) atoms. The number of nitrogens with one attached hydrogen (secondary N) is 1. The number of anilines is 1. The van der Waals surface area contributed by atoms with Crippen LogP contribution in [0.25, 0.3) is 4.96 Å². The normalized spacial score (nSPS) is 13.0. The summed E-state index contributed by atoms with van der Waals surface area (Å²) >= 11 is 1.46. The molecule has 2 aromatic heterocycles. The van der Waals surface area contributed by atoms with Crippen LogP contribution in [-0.4, -0.2) is 40.5 Å². The lowest BCUT2D eigenvalue weighted by molar-refractivity contribution is 0.190. The van der Waals surface area contributed by atoms with E-state index in [1.54, 1.807) is 36.9 Å². The molecule has 0 aliphatic carbocycles. The fourth-order valence-corrected chi connectivity index (χ4v) is 3.24.